The third-order valence-corrected chi connectivity index (χ3v) is 7.12. The number of alkyl carbamates (subject to hydrolysis) is 1. The molecule has 0 bridgehead atoms. The van der Waals surface area contributed by atoms with E-state index in [9.17, 15) is 9.59 Å². The van der Waals surface area contributed by atoms with E-state index in [0.717, 1.165) is 23.6 Å². The SMILES string of the molecule is C=C(NC(=O)OCC[Si](C)(C)C)c1c(-c2ccccc2)ccnc1/C(C)=C(\CCC)C(=O)OC. The van der Waals surface area contributed by atoms with Gasteiger partial charge in [-0.05, 0) is 42.2 Å². The molecule has 6 nitrogen and oxygen atoms in total. The lowest BCUT2D eigenvalue weighted by atomic mass is 9.92. The standard InChI is InChI=1S/C27H36N2O4Si/c1-8-12-22(26(30)32-4)19(2)25-24(20(3)29-27(31)33-17-18-34(5,6)7)23(15-16-28-25)21-13-10-9-11-14-21/h9-11,13-16H,3,8,12,17-18H2,1-2,4-7H3,(H,29,31)/b22-19+. The van der Waals surface area contributed by atoms with Crippen molar-refractivity contribution in [1.29, 1.82) is 0 Å². The summed E-state index contributed by atoms with van der Waals surface area (Å²) < 4.78 is 10.4. The summed E-state index contributed by atoms with van der Waals surface area (Å²) in [5, 5.41) is 2.78. The molecule has 1 amide bonds. The topological polar surface area (TPSA) is 77.5 Å². The molecule has 1 aromatic heterocycles. The van der Waals surface area contributed by atoms with Gasteiger partial charge in [-0.15, -0.1) is 0 Å². The van der Waals surface area contributed by atoms with Gasteiger partial charge in [0.25, 0.3) is 0 Å². The maximum Gasteiger partial charge on any atom is 0.411 e. The van der Waals surface area contributed by atoms with Crippen molar-refractivity contribution >= 4 is 31.4 Å². The molecule has 0 atom stereocenters. The van der Waals surface area contributed by atoms with Gasteiger partial charge in [0.15, 0.2) is 0 Å². The van der Waals surface area contributed by atoms with Gasteiger partial charge in [-0.25, -0.2) is 9.59 Å². The van der Waals surface area contributed by atoms with Crippen LogP contribution in [-0.4, -0.2) is 38.8 Å². The molecule has 0 unspecified atom stereocenters. The average Bonchev–Trinajstić information content (AvgIpc) is 2.80. The first kappa shape index (κ1) is 27.1. The Morgan fingerprint density at radius 1 is 1.12 bits per heavy atom. The summed E-state index contributed by atoms with van der Waals surface area (Å²) in [5.74, 6) is -0.387. The normalized spacial score (nSPS) is 11.9. The molecule has 0 saturated carbocycles. The molecule has 0 spiro atoms. The number of esters is 1. The van der Waals surface area contributed by atoms with Crippen molar-refractivity contribution in [3.63, 3.8) is 0 Å². The number of carbonyl (C=O) groups excluding carboxylic acids is 2. The van der Waals surface area contributed by atoms with Crippen LogP contribution >= 0.6 is 0 Å². The first-order valence-electron chi connectivity index (χ1n) is 11.5. The number of hydrogen-bond donors (Lipinski definition) is 1. The highest BCUT2D eigenvalue weighted by atomic mass is 28.3. The summed E-state index contributed by atoms with van der Waals surface area (Å²) in [5.41, 5.74) is 4.61. The Balaban J connectivity index is 2.54. The molecule has 0 aliphatic rings. The van der Waals surface area contributed by atoms with Crippen LogP contribution in [0.3, 0.4) is 0 Å². The van der Waals surface area contributed by atoms with Crippen LogP contribution in [0.25, 0.3) is 22.4 Å². The highest BCUT2D eigenvalue weighted by molar-refractivity contribution is 6.76. The average molecular weight is 481 g/mol. The Bertz CT molecular complexity index is 1060. The number of pyridine rings is 1. The molecule has 0 saturated heterocycles. The van der Waals surface area contributed by atoms with Gasteiger partial charge in [-0.1, -0.05) is 69.9 Å². The number of aromatic nitrogens is 1. The predicted molar refractivity (Wildman–Crippen MR) is 141 cm³/mol. The van der Waals surface area contributed by atoms with Gasteiger partial charge in [-0.3, -0.25) is 10.3 Å². The van der Waals surface area contributed by atoms with Crippen LogP contribution in [0.1, 0.15) is 37.9 Å². The minimum Gasteiger partial charge on any atom is -0.466 e. The summed E-state index contributed by atoms with van der Waals surface area (Å²) in [6.07, 6.45) is 2.47. The molecular formula is C27H36N2O4Si. The minimum absolute atomic E-state index is 0.361. The van der Waals surface area contributed by atoms with Crippen LogP contribution in [0, 0.1) is 0 Å². The van der Waals surface area contributed by atoms with Gasteiger partial charge >= 0.3 is 12.1 Å². The van der Waals surface area contributed by atoms with Gasteiger partial charge in [0.1, 0.15) is 0 Å². The second kappa shape index (κ2) is 12.3. The Hall–Kier alpha value is -3.19. The molecule has 0 radical (unpaired) electrons. The Morgan fingerprint density at radius 3 is 2.38 bits per heavy atom. The molecule has 2 rings (SSSR count). The van der Waals surface area contributed by atoms with Crippen LogP contribution in [-0.2, 0) is 14.3 Å². The number of rotatable bonds is 10. The maximum absolute atomic E-state index is 12.5. The molecule has 182 valence electrons. The predicted octanol–water partition coefficient (Wildman–Crippen LogP) is 6.53. The monoisotopic (exact) mass is 480 g/mol. The van der Waals surface area contributed by atoms with Gasteiger partial charge < -0.3 is 9.47 Å². The number of methoxy groups -OCH3 is 1. The zero-order valence-electron chi connectivity index (χ0n) is 21.2. The van der Waals surface area contributed by atoms with E-state index in [0.29, 0.717) is 41.1 Å². The molecule has 34 heavy (non-hydrogen) atoms. The van der Waals surface area contributed by atoms with Crippen LogP contribution in [0.5, 0.6) is 0 Å². The first-order valence-corrected chi connectivity index (χ1v) is 15.3. The third-order valence-electron chi connectivity index (χ3n) is 5.42. The van der Waals surface area contributed by atoms with E-state index >= 15 is 0 Å². The van der Waals surface area contributed by atoms with Crippen molar-refractivity contribution in [1.82, 2.24) is 10.3 Å². The summed E-state index contributed by atoms with van der Waals surface area (Å²) in [6, 6.07) is 12.5. The van der Waals surface area contributed by atoms with E-state index in [-0.39, 0.29) is 5.97 Å². The molecule has 2 aromatic rings. The van der Waals surface area contributed by atoms with Crippen LogP contribution in [0.4, 0.5) is 4.79 Å². The zero-order chi connectivity index (χ0) is 25.3. The van der Waals surface area contributed by atoms with Crippen molar-refractivity contribution < 1.29 is 19.1 Å². The lowest BCUT2D eigenvalue weighted by Gasteiger charge is -2.20. The molecule has 0 aliphatic heterocycles. The second-order valence-corrected chi connectivity index (χ2v) is 15.0. The van der Waals surface area contributed by atoms with E-state index < -0.39 is 14.2 Å². The van der Waals surface area contributed by atoms with Gasteiger partial charge in [0.2, 0.25) is 0 Å². The van der Waals surface area contributed by atoms with Crippen molar-refractivity contribution in [2.24, 2.45) is 0 Å². The zero-order valence-corrected chi connectivity index (χ0v) is 22.2. The number of hydrogen-bond acceptors (Lipinski definition) is 5. The maximum atomic E-state index is 12.5. The van der Waals surface area contributed by atoms with Crippen molar-refractivity contribution in [2.45, 2.75) is 52.4 Å². The Morgan fingerprint density at radius 2 is 1.79 bits per heavy atom. The Kier molecular flexibility index (Phi) is 9.80. The molecule has 0 aliphatic carbocycles. The van der Waals surface area contributed by atoms with E-state index in [1.807, 2.05) is 50.2 Å². The van der Waals surface area contributed by atoms with E-state index in [2.05, 4.69) is 36.5 Å². The smallest absolute Gasteiger partial charge is 0.411 e. The van der Waals surface area contributed by atoms with Crippen molar-refractivity contribution in [3.8, 4) is 11.1 Å². The first-order chi connectivity index (χ1) is 16.1. The second-order valence-electron chi connectivity index (χ2n) is 9.34. The fourth-order valence-corrected chi connectivity index (χ4v) is 4.25. The number of nitrogens with one attached hydrogen (secondary N) is 1. The van der Waals surface area contributed by atoms with Crippen molar-refractivity contribution in [3.05, 3.63) is 66.0 Å². The molecule has 7 heteroatoms. The largest absolute Gasteiger partial charge is 0.466 e. The number of benzene rings is 1. The number of nitrogens with zero attached hydrogens (tertiary/aromatic N) is 1. The quantitative estimate of drug-likeness (QED) is 0.238. The van der Waals surface area contributed by atoms with Gasteiger partial charge in [-0.2, -0.15) is 0 Å². The summed E-state index contributed by atoms with van der Waals surface area (Å²) >= 11 is 0. The molecular weight excluding hydrogens is 444 g/mol. The number of ether oxygens (including phenoxy) is 2. The van der Waals surface area contributed by atoms with Crippen molar-refractivity contribution in [2.75, 3.05) is 13.7 Å². The number of allylic oxidation sites excluding steroid dienone is 1. The third kappa shape index (κ3) is 7.42. The minimum atomic E-state index is -1.33. The fraction of sp³-hybridized carbons (Fsp3) is 0.370. The molecule has 1 N–H and O–H groups in total. The van der Waals surface area contributed by atoms with Gasteiger partial charge in [0, 0.05) is 31.1 Å². The van der Waals surface area contributed by atoms with Gasteiger partial charge in [0.05, 0.1) is 19.4 Å². The molecule has 0 fully saturated rings. The molecule has 1 heterocycles. The summed E-state index contributed by atoms with van der Waals surface area (Å²) in [4.78, 5) is 29.7. The summed E-state index contributed by atoms with van der Waals surface area (Å²) in [7, 11) is 0.0448. The van der Waals surface area contributed by atoms with Crippen LogP contribution < -0.4 is 5.32 Å². The summed E-state index contributed by atoms with van der Waals surface area (Å²) in [6.45, 7) is 15.0. The van der Waals surface area contributed by atoms with E-state index in [1.54, 1.807) is 6.20 Å². The molecule has 1 aromatic carbocycles. The van der Waals surface area contributed by atoms with E-state index in [4.69, 9.17) is 9.47 Å². The number of amides is 1. The number of carbonyl (C=O) groups is 2. The van der Waals surface area contributed by atoms with Crippen LogP contribution in [0.15, 0.2) is 54.7 Å². The fourth-order valence-electron chi connectivity index (χ4n) is 3.54. The highest BCUT2D eigenvalue weighted by Crippen LogP contribution is 2.34. The van der Waals surface area contributed by atoms with Crippen LogP contribution in [0.2, 0.25) is 25.7 Å². The highest BCUT2D eigenvalue weighted by Gasteiger charge is 2.22. The lowest BCUT2D eigenvalue weighted by molar-refractivity contribution is -0.136. The lowest BCUT2D eigenvalue weighted by Crippen LogP contribution is -2.27. The Labute approximate surface area is 204 Å². The van der Waals surface area contributed by atoms with E-state index in [1.165, 1.54) is 7.11 Å².